The van der Waals surface area contributed by atoms with Gasteiger partial charge in [0.15, 0.2) is 0 Å². The van der Waals surface area contributed by atoms with Crippen LogP contribution in [0.25, 0.3) is 0 Å². The number of hydrogen-bond donors (Lipinski definition) is 0. The summed E-state index contributed by atoms with van der Waals surface area (Å²) in [4.78, 5) is 13.8. The Morgan fingerprint density at radius 3 is 3.06 bits per heavy atom. The highest BCUT2D eigenvalue weighted by Crippen LogP contribution is 2.17. The lowest BCUT2D eigenvalue weighted by Gasteiger charge is -2.20. The molecule has 1 rings (SSSR count). The van der Waals surface area contributed by atoms with Crippen LogP contribution in [0.2, 0.25) is 0 Å². The number of rotatable bonds is 5. The molecule has 0 aliphatic carbocycles. The largest absolute Gasteiger partial charge is 0.360 e. The average molecular weight is 221 g/mol. The monoisotopic (exact) mass is 221 g/mol. The minimum absolute atomic E-state index is 0.396. The van der Waals surface area contributed by atoms with E-state index in [1.807, 2.05) is 19.4 Å². The summed E-state index contributed by atoms with van der Waals surface area (Å²) in [5, 5.41) is 2.76. The Labute approximate surface area is 95.3 Å². The van der Waals surface area contributed by atoms with E-state index in [0.29, 0.717) is 19.2 Å². The molecule has 0 aromatic heterocycles. The lowest BCUT2D eigenvalue weighted by molar-refractivity contribution is 0.0693. The highest BCUT2D eigenvalue weighted by atomic mass is 16.5. The van der Waals surface area contributed by atoms with Crippen molar-refractivity contribution in [2.45, 2.75) is 13.3 Å². The number of hydrogen-bond acceptors (Lipinski definition) is 5. The molecule has 1 aliphatic heterocycles. The molecule has 1 aliphatic rings. The molecule has 5 nitrogen and oxygen atoms in total. The standard InChI is InChI=1S/C11H15N3O2/c1-3-4-5-8-16-10-14-7-6-13(2)11(14)9-12-15/h6-7,9H,5,8,10H2,1-2H3/b11-9-. The summed E-state index contributed by atoms with van der Waals surface area (Å²) in [6, 6.07) is 0. The maximum Gasteiger partial charge on any atom is 0.136 e. The molecule has 0 fully saturated rings. The van der Waals surface area contributed by atoms with E-state index in [1.165, 1.54) is 6.20 Å². The Bertz CT molecular complexity index is 352. The van der Waals surface area contributed by atoms with E-state index in [1.54, 1.807) is 16.7 Å². The van der Waals surface area contributed by atoms with E-state index in [4.69, 9.17) is 4.74 Å². The van der Waals surface area contributed by atoms with Gasteiger partial charge in [0, 0.05) is 25.9 Å². The normalized spacial score (nSPS) is 16.5. The summed E-state index contributed by atoms with van der Waals surface area (Å²) < 4.78 is 5.41. The van der Waals surface area contributed by atoms with Gasteiger partial charge >= 0.3 is 0 Å². The molecule has 0 saturated heterocycles. The van der Waals surface area contributed by atoms with Crippen molar-refractivity contribution in [2.75, 3.05) is 20.4 Å². The third-order valence-corrected chi connectivity index (χ3v) is 2.07. The molecule has 5 heteroatoms. The van der Waals surface area contributed by atoms with Crippen LogP contribution in [0.4, 0.5) is 0 Å². The van der Waals surface area contributed by atoms with Gasteiger partial charge in [-0.15, -0.1) is 16.7 Å². The molecule has 0 spiro atoms. The number of nitroso groups, excluding NO2 is 1. The fourth-order valence-electron chi connectivity index (χ4n) is 1.27. The van der Waals surface area contributed by atoms with Gasteiger partial charge in [-0.1, -0.05) is 0 Å². The smallest absolute Gasteiger partial charge is 0.136 e. The predicted octanol–water partition coefficient (Wildman–Crippen LogP) is 1.66. The molecule has 0 radical (unpaired) electrons. The van der Waals surface area contributed by atoms with Crippen LogP contribution in [0.1, 0.15) is 13.3 Å². The third-order valence-electron chi connectivity index (χ3n) is 2.07. The first-order chi connectivity index (χ1) is 7.79. The molecule has 16 heavy (non-hydrogen) atoms. The van der Waals surface area contributed by atoms with E-state index < -0.39 is 0 Å². The second-order valence-corrected chi connectivity index (χ2v) is 3.19. The molecular weight excluding hydrogens is 206 g/mol. The molecule has 0 amide bonds. The second kappa shape index (κ2) is 6.64. The van der Waals surface area contributed by atoms with Crippen LogP contribution in [0.3, 0.4) is 0 Å². The first-order valence-electron chi connectivity index (χ1n) is 4.97. The first kappa shape index (κ1) is 12.3. The SMILES string of the molecule is CC#CCCOCN1C=CN(C)/C1=C/N=O. The quantitative estimate of drug-likeness (QED) is 0.402. The molecule has 0 aromatic carbocycles. The van der Waals surface area contributed by atoms with Crippen molar-refractivity contribution >= 4 is 0 Å². The minimum atomic E-state index is 0.396. The van der Waals surface area contributed by atoms with Gasteiger partial charge in [0.1, 0.15) is 18.8 Å². The van der Waals surface area contributed by atoms with Gasteiger partial charge in [-0.05, 0) is 12.1 Å². The van der Waals surface area contributed by atoms with E-state index in [9.17, 15) is 4.91 Å². The molecular formula is C11H15N3O2. The van der Waals surface area contributed by atoms with Gasteiger partial charge in [0.2, 0.25) is 0 Å². The van der Waals surface area contributed by atoms with Gasteiger partial charge < -0.3 is 14.5 Å². The third kappa shape index (κ3) is 3.41. The Kier molecular flexibility index (Phi) is 5.09. The summed E-state index contributed by atoms with van der Waals surface area (Å²) in [5.74, 6) is 6.42. The van der Waals surface area contributed by atoms with Crippen molar-refractivity contribution < 1.29 is 4.74 Å². The van der Waals surface area contributed by atoms with E-state index in [0.717, 1.165) is 6.42 Å². The highest BCUT2D eigenvalue weighted by molar-refractivity contribution is 5.12. The lowest BCUT2D eigenvalue weighted by atomic mass is 10.4. The van der Waals surface area contributed by atoms with Crippen LogP contribution >= 0.6 is 0 Å². The average Bonchev–Trinajstić information content (AvgIpc) is 2.62. The van der Waals surface area contributed by atoms with Crippen molar-refractivity contribution in [3.05, 3.63) is 29.3 Å². The molecule has 0 aromatic rings. The van der Waals surface area contributed by atoms with Gasteiger partial charge in [-0.2, -0.15) is 0 Å². The van der Waals surface area contributed by atoms with Crippen molar-refractivity contribution in [3.8, 4) is 11.8 Å². The molecule has 0 bridgehead atoms. The van der Waals surface area contributed by atoms with Gasteiger partial charge in [-0.3, -0.25) is 0 Å². The maximum absolute atomic E-state index is 10.2. The van der Waals surface area contributed by atoms with Crippen molar-refractivity contribution in [1.29, 1.82) is 0 Å². The zero-order valence-corrected chi connectivity index (χ0v) is 9.51. The zero-order valence-electron chi connectivity index (χ0n) is 9.51. The van der Waals surface area contributed by atoms with Crippen LogP contribution in [-0.2, 0) is 4.74 Å². The van der Waals surface area contributed by atoms with Crippen LogP contribution in [0.15, 0.2) is 29.6 Å². The summed E-state index contributed by atoms with van der Waals surface area (Å²) in [6.07, 6.45) is 5.65. The molecule has 86 valence electrons. The van der Waals surface area contributed by atoms with E-state index in [-0.39, 0.29) is 0 Å². The molecule has 0 N–H and O–H groups in total. The summed E-state index contributed by atoms with van der Waals surface area (Å²) in [6.45, 7) is 2.78. The highest BCUT2D eigenvalue weighted by Gasteiger charge is 2.16. The van der Waals surface area contributed by atoms with Crippen LogP contribution in [0.5, 0.6) is 0 Å². The summed E-state index contributed by atoms with van der Waals surface area (Å²) in [5.41, 5.74) is 0. The van der Waals surface area contributed by atoms with Crippen molar-refractivity contribution in [3.63, 3.8) is 0 Å². The molecule has 0 atom stereocenters. The van der Waals surface area contributed by atoms with Gasteiger partial charge in [0.05, 0.1) is 6.61 Å². The number of nitrogens with zero attached hydrogens (tertiary/aromatic N) is 3. The maximum atomic E-state index is 10.2. The molecule has 0 unspecified atom stereocenters. The summed E-state index contributed by atoms with van der Waals surface area (Å²) in [7, 11) is 1.84. The Morgan fingerprint density at radius 2 is 2.38 bits per heavy atom. The molecule has 1 heterocycles. The predicted molar refractivity (Wildman–Crippen MR) is 61.5 cm³/mol. The Balaban J connectivity index is 2.35. The van der Waals surface area contributed by atoms with Crippen molar-refractivity contribution in [2.24, 2.45) is 5.18 Å². The van der Waals surface area contributed by atoms with Crippen LogP contribution < -0.4 is 0 Å². The topological polar surface area (TPSA) is 45.1 Å². The summed E-state index contributed by atoms with van der Waals surface area (Å²) >= 11 is 0. The molecule has 0 saturated carbocycles. The fourth-order valence-corrected chi connectivity index (χ4v) is 1.27. The van der Waals surface area contributed by atoms with Gasteiger partial charge in [0.25, 0.3) is 0 Å². The lowest BCUT2D eigenvalue weighted by Crippen LogP contribution is -2.22. The Hall–Kier alpha value is -1.80. The van der Waals surface area contributed by atoms with E-state index in [2.05, 4.69) is 17.0 Å². The van der Waals surface area contributed by atoms with Crippen molar-refractivity contribution in [1.82, 2.24) is 9.80 Å². The zero-order chi connectivity index (χ0) is 11.8. The van der Waals surface area contributed by atoms with Crippen LogP contribution in [0, 0.1) is 16.7 Å². The minimum Gasteiger partial charge on any atom is -0.360 e. The van der Waals surface area contributed by atoms with Crippen LogP contribution in [-0.4, -0.2) is 30.2 Å². The van der Waals surface area contributed by atoms with E-state index >= 15 is 0 Å². The number of ether oxygens (including phenoxy) is 1. The Morgan fingerprint density at radius 1 is 1.56 bits per heavy atom. The second-order valence-electron chi connectivity index (χ2n) is 3.19. The first-order valence-corrected chi connectivity index (χ1v) is 4.97. The fraction of sp³-hybridized carbons (Fsp3) is 0.455. The van der Waals surface area contributed by atoms with Gasteiger partial charge in [-0.25, -0.2) is 0 Å².